The highest BCUT2D eigenvalue weighted by molar-refractivity contribution is 5.96. The summed E-state index contributed by atoms with van der Waals surface area (Å²) >= 11 is 0. The van der Waals surface area contributed by atoms with Crippen LogP contribution in [-0.4, -0.2) is 15.8 Å². The summed E-state index contributed by atoms with van der Waals surface area (Å²) in [4.78, 5) is 19.7. The Hall–Kier alpha value is -1.25. The van der Waals surface area contributed by atoms with E-state index >= 15 is 0 Å². The van der Waals surface area contributed by atoms with E-state index in [1.54, 1.807) is 6.20 Å². The molecule has 0 saturated carbocycles. The summed E-state index contributed by atoms with van der Waals surface area (Å²) in [5.74, 6) is 0.142. The molecule has 3 heteroatoms. The van der Waals surface area contributed by atoms with Gasteiger partial charge in [-0.3, -0.25) is 9.78 Å². The van der Waals surface area contributed by atoms with Crippen molar-refractivity contribution in [2.75, 3.05) is 0 Å². The largest absolute Gasteiger partial charge is 0.292 e. The number of carbonyl (C=O) groups is 1. The van der Waals surface area contributed by atoms with Crippen LogP contribution in [0.15, 0.2) is 6.20 Å². The Bertz CT molecular complexity index is 333. The molecule has 1 aromatic rings. The Balaban J connectivity index is 2.53. The number of Topliss-reactive ketones (excluding diaryl/α,β-unsaturated/α-hetero) is 1. The van der Waals surface area contributed by atoms with E-state index in [0.29, 0.717) is 12.1 Å². The smallest absolute Gasteiger partial charge is 0.183 e. The third-order valence-corrected chi connectivity index (χ3v) is 2.05. The van der Waals surface area contributed by atoms with E-state index in [9.17, 15) is 4.79 Å². The van der Waals surface area contributed by atoms with E-state index in [-0.39, 0.29) is 5.78 Å². The molecule has 3 nitrogen and oxygen atoms in total. The third-order valence-electron chi connectivity index (χ3n) is 2.05. The van der Waals surface area contributed by atoms with E-state index in [1.165, 1.54) is 0 Å². The molecule has 0 atom stereocenters. The van der Waals surface area contributed by atoms with E-state index < -0.39 is 0 Å². The first kappa shape index (κ1) is 7.40. The van der Waals surface area contributed by atoms with Crippen LogP contribution < -0.4 is 0 Å². The Labute approximate surface area is 70.9 Å². The molecule has 0 bridgehead atoms. The summed E-state index contributed by atoms with van der Waals surface area (Å²) < 4.78 is 0. The topological polar surface area (TPSA) is 42.9 Å². The molecule has 0 spiro atoms. The first-order valence-corrected chi connectivity index (χ1v) is 4.13. The lowest BCUT2D eigenvalue weighted by molar-refractivity contribution is 0.0966. The molecule has 0 saturated heterocycles. The van der Waals surface area contributed by atoms with E-state index in [1.807, 2.05) is 6.92 Å². The Kier molecular flexibility index (Phi) is 1.64. The van der Waals surface area contributed by atoms with Gasteiger partial charge >= 0.3 is 0 Å². The number of hydrogen-bond acceptors (Lipinski definition) is 3. The van der Waals surface area contributed by atoms with Crippen LogP contribution in [0.2, 0.25) is 0 Å². The van der Waals surface area contributed by atoms with Gasteiger partial charge < -0.3 is 0 Å². The van der Waals surface area contributed by atoms with Gasteiger partial charge in [0.2, 0.25) is 0 Å². The lowest BCUT2D eigenvalue weighted by Gasteiger charge is -2.11. The summed E-state index contributed by atoms with van der Waals surface area (Å²) in [5, 5.41) is 0. The minimum absolute atomic E-state index is 0.142. The maximum absolute atomic E-state index is 11.3. The van der Waals surface area contributed by atoms with Crippen molar-refractivity contribution >= 4 is 5.78 Å². The summed E-state index contributed by atoms with van der Waals surface area (Å²) in [5.41, 5.74) is 2.36. The molecule has 0 radical (unpaired) electrons. The standard InChI is InChI=1S/C9H10N2O/c1-6-5-10-9-7(11-6)3-2-4-8(9)12/h5H,2-4H2,1H3. The minimum atomic E-state index is 0.142. The molecular formula is C9H10N2O. The van der Waals surface area contributed by atoms with Crippen molar-refractivity contribution in [1.82, 2.24) is 9.97 Å². The van der Waals surface area contributed by atoms with Crippen molar-refractivity contribution in [3.63, 3.8) is 0 Å². The van der Waals surface area contributed by atoms with E-state index in [0.717, 1.165) is 24.2 Å². The summed E-state index contributed by atoms with van der Waals surface area (Å²) in [7, 11) is 0. The molecule has 0 N–H and O–H groups in total. The zero-order chi connectivity index (χ0) is 8.55. The second-order valence-corrected chi connectivity index (χ2v) is 3.08. The van der Waals surface area contributed by atoms with Gasteiger partial charge in [-0.15, -0.1) is 0 Å². The number of fused-ring (bicyclic) bond motifs is 1. The normalized spacial score (nSPS) is 15.9. The van der Waals surface area contributed by atoms with E-state index in [2.05, 4.69) is 9.97 Å². The second kappa shape index (κ2) is 2.66. The van der Waals surface area contributed by atoms with Gasteiger partial charge in [-0.1, -0.05) is 0 Å². The number of nitrogens with zero attached hydrogens (tertiary/aromatic N) is 2. The van der Waals surface area contributed by atoms with Gasteiger partial charge in [0.05, 0.1) is 11.4 Å². The summed E-state index contributed by atoms with van der Waals surface area (Å²) in [6.07, 6.45) is 4.10. The van der Waals surface area contributed by atoms with Crippen LogP contribution in [0.4, 0.5) is 0 Å². The second-order valence-electron chi connectivity index (χ2n) is 3.08. The molecule has 12 heavy (non-hydrogen) atoms. The first-order chi connectivity index (χ1) is 5.77. The van der Waals surface area contributed by atoms with Crippen LogP contribution >= 0.6 is 0 Å². The molecular weight excluding hydrogens is 152 g/mol. The fourth-order valence-electron chi connectivity index (χ4n) is 1.47. The monoisotopic (exact) mass is 162 g/mol. The number of rotatable bonds is 0. The highest BCUT2D eigenvalue weighted by Crippen LogP contribution is 2.16. The Morgan fingerprint density at radius 2 is 2.25 bits per heavy atom. The maximum atomic E-state index is 11.3. The molecule has 62 valence electrons. The van der Waals surface area contributed by atoms with Gasteiger partial charge in [0.15, 0.2) is 5.78 Å². The predicted octanol–water partition coefficient (Wildman–Crippen LogP) is 1.30. The van der Waals surface area contributed by atoms with Crippen molar-refractivity contribution in [2.24, 2.45) is 0 Å². The SMILES string of the molecule is Cc1cnc2c(n1)CCCC2=O. The molecule has 1 aromatic heterocycles. The summed E-state index contributed by atoms with van der Waals surface area (Å²) in [6.45, 7) is 1.90. The number of ketones is 1. The highest BCUT2D eigenvalue weighted by atomic mass is 16.1. The Morgan fingerprint density at radius 3 is 3.08 bits per heavy atom. The number of hydrogen-bond donors (Lipinski definition) is 0. The molecule has 2 rings (SSSR count). The zero-order valence-corrected chi connectivity index (χ0v) is 7.00. The molecule has 1 aliphatic carbocycles. The van der Waals surface area contributed by atoms with Crippen molar-refractivity contribution < 1.29 is 4.79 Å². The van der Waals surface area contributed by atoms with Gasteiger partial charge in [-0.05, 0) is 19.8 Å². The average molecular weight is 162 g/mol. The van der Waals surface area contributed by atoms with Crippen LogP contribution in [0, 0.1) is 6.92 Å². The number of aromatic nitrogens is 2. The lowest BCUT2D eigenvalue weighted by atomic mass is 9.99. The molecule has 0 aliphatic heterocycles. The Morgan fingerprint density at radius 1 is 1.42 bits per heavy atom. The van der Waals surface area contributed by atoms with Crippen LogP contribution in [0.5, 0.6) is 0 Å². The molecule has 1 heterocycles. The average Bonchev–Trinajstić information content (AvgIpc) is 2.04. The van der Waals surface area contributed by atoms with Crippen molar-refractivity contribution in [2.45, 2.75) is 26.2 Å². The number of aryl methyl sites for hydroxylation is 2. The quantitative estimate of drug-likeness (QED) is 0.577. The van der Waals surface area contributed by atoms with Crippen molar-refractivity contribution in [3.8, 4) is 0 Å². The van der Waals surface area contributed by atoms with Crippen molar-refractivity contribution in [3.05, 3.63) is 23.3 Å². The van der Waals surface area contributed by atoms with Crippen molar-refractivity contribution in [1.29, 1.82) is 0 Å². The van der Waals surface area contributed by atoms with Crippen LogP contribution in [-0.2, 0) is 6.42 Å². The highest BCUT2D eigenvalue weighted by Gasteiger charge is 2.19. The van der Waals surface area contributed by atoms with Crippen LogP contribution in [0.1, 0.15) is 34.7 Å². The van der Waals surface area contributed by atoms with Crippen LogP contribution in [0.3, 0.4) is 0 Å². The number of carbonyl (C=O) groups excluding carboxylic acids is 1. The fraction of sp³-hybridized carbons (Fsp3) is 0.444. The van der Waals surface area contributed by atoms with Gasteiger partial charge in [-0.2, -0.15) is 0 Å². The van der Waals surface area contributed by atoms with Crippen LogP contribution in [0.25, 0.3) is 0 Å². The minimum Gasteiger partial charge on any atom is -0.292 e. The molecule has 0 amide bonds. The molecule has 0 aromatic carbocycles. The molecule has 0 unspecified atom stereocenters. The first-order valence-electron chi connectivity index (χ1n) is 4.13. The molecule has 1 aliphatic rings. The maximum Gasteiger partial charge on any atom is 0.183 e. The van der Waals surface area contributed by atoms with Gasteiger partial charge in [0.25, 0.3) is 0 Å². The van der Waals surface area contributed by atoms with E-state index in [4.69, 9.17) is 0 Å². The van der Waals surface area contributed by atoms with Gasteiger partial charge in [0, 0.05) is 12.6 Å². The predicted molar refractivity (Wildman–Crippen MR) is 44.0 cm³/mol. The zero-order valence-electron chi connectivity index (χ0n) is 7.00. The van der Waals surface area contributed by atoms with Gasteiger partial charge in [-0.25, -0.2) is 4.98 Å². The summed E-state index contributed by atoms with van der Waals surface area (Å²) in [6, 6.07) is 0. The molecule has 0 fully saturated rings. The van der Waals surface area contributed by atoms with Gasteiger partial charge in [0.1, 0.15) is 5.69 Å². The lowest BCUT2D eigenvalue weighted by Crippen LogP contribution is -2.15. The fourth-order valence-corrected chi connectivity index (χ4v) is 1.47. The third kappa shape index (κ3) is 1.11.